The van der Waals surface area contributed by atoms with E-state index in [0.29, 0.717) is 10.8 Å². The zero-order valence-electron chi connectivity index (χ0n) is 12.4. The van der Waals surface area contributed by atoms with Crippen LogP contribution in [0.1, 0.15) is 61.3 Å². The molecule has 0 aromatic carbocycles. The third-order valence-corrected chi connectivity index (χ3v) is 3.89. The van der Waals surface area contributed by atoms with Gasteiger partial charge in [0.05, 0.1) is 0 Å². The van der Waals surface area contributed by atoms with Gasteiger partial charge >= 0.3 is 0 Å². The van der Waals surface area contributed by atoms with Gasteiger partial charge in [-0.3, -0.25) is 0 Å². The van der Waals surface area contributed by atoms with E-state index in [9.17, 15) is 0 Å². The summed E-state index contributed by atoms with van der Waals surface area (Å²) in [6, 6.07) is 0. The molecule has 0 saturated carbocycles. The van der Waals surface area contributed by atoms with Gasteiger partial charge in [0.1, 0.15) is 0 Å². The average molecular weight is 240 g/mol. The van der Waals surface area contributed by atoms with E-state index < -0.39 is 0 Å². The van der Waals surface area contributed by atoms with Gasteiger partial charge in [0, 0.05) is 0 Å². The Balaban J connectivity index is -0.000000101. The van der Waals surface area contributed by atoms with E-state index in [-0.39, 0.29) is 23.3 Å². The highest BCUT2D eigenvalue weighted by Crippen LogP contribution is 2.45. The Kier molecular flexibility index (Phi) is 18.6. The van der Waals surface area contributed by atoms with Gasteiger partial charge in [-0.05, 0) is 16.7 Å². The molecule has 0 amide bonds. The molecule has 0 spiro atoms. The maximum Gasteiger partial charge on any atom is -0.0280 e. The van der Waals surface area contributed by atoms with Crippen molar-refractivity contribution < 1.29 is 11.0 Å². The van der Waals surface area contributed by atoms with Crippen molar-refractivity contribution in [3.05, 3.63) is 0 Å². The molecule has 4 nitrogen and oxygen atoms in total. The summed E-state index contributed by atoms with van der Waals surface area (Å²) in [6.45, 7) is 16.5. The van der Waals surface area contributed by atoms with Gasteiger partial charge in [0.15, 0.2) is 0 Å². The second-order valence-electron chi connectivity index (χ2n) is 5.66. The van der Waals surface area contributed by atoms with Gasteiger partial charge in [-0.1, -0.05) is 61.3 Å². The topological polar surface area (TPSA) is 133 Å². The summed E-state index contributed by atoms with van der Waals surface area (Å²) in [5.41, 5.74) is 0.866. The van der Waals surface area contributed by atoms with E-state index in [1.807, 2.05) is 0 Å². The van der Waals surface area contributed by atoms with Crippen molar-refractivity contribution in [3.8, 4) is 0 Å². The number of hydrogen-bond donors (Lipinski definition) is 2. The minimum absolute atomic E-state index is 0. The molecule has 0 rings (SSSR count). The van der Waals surface area contributed by atoms with Crippen LogP contribution in [0.15, 0.2) is 0 Å². The predicted octanol–water partition coefficient (Wildman–Crippen LogP) is 3.17. The Hall–Kier alpha value is -0.160. The first-order valence-electron chi connectivity index (χ1n) is 5.23. The Morgan fingerprint density at radius 1 is 0.875 bits per heavy atom. The van der Waals surface area contributed by atoms with Gasteiger partial charge in [0.2, 0.25) is 0 Å². The van der Waals surface area contributed by atoms with Crippen molar-refractivity contribution in [2.45, 2.75) is 61.3 Å². The van der Waals surface area contributed by atoms with Crippen LogP contribution in [0.5, 0.6) is 0 Å². The van der Waals surface area contributed by atoms with E-state index in [0.717, 1.165) is 5.92 Å². The van der Waals surface area contributed by atoms with Crippen molar-refractivity contribution >= 4 is 0 Å². The summed E-state index contributed by atoms with van der Waals surface area (Å²) in [5.74, 6) is 0.822. The van der Waals surface area contributed by atoms with Crippen LogP contribution in [0.3, 0.4) is 0 Å². The molecular formula is C12H36N2O2. The second-order valence-corrected chi connectivity index (χ2v) is 5.66. The van der Waals surface area contributed by atoms with Gasteiger partial charge in [-0.2, -0.15) is 0 Å². The lowest BCUT2D eigenvalue weighted by atomic mass is 9.62. The molecule has 1 atom stereocenters. The first-order chi connectivity index (χ1) is 5.23. The Bertz CT molecular complexity index is 142. The van der Waals surface area contributed by atoms with Gasteiger partial charge < -0.3 is 23.3 Å². The molecule has 0 aliphatic carbocycles. The van der Waals surface area contributed by atoms with E-state index in [1.54, 1.807) is 0 Å². The second kappa shape index (κ2) is 10.0. The summed E-state index contributed by atoms with van der Waals surface area (Å²) in [7, 11) is 0. The molecule has 4 heteroatoms. The van der Waals surface area contributed by atoms with Crippen LogP contribution < -0.4 is 12.3 Å². The number of hydrogen-bond acceptors (Lipinski definition) is 2. The molecule has 0 aliphatic rings. The highest BCUT2D eigenvalue weighted by molar-refractivity contribution is 4.86. The van der Waals surface area contributed by atoms with E-state index in [4.69, 9.17) is 0 Å². The van der Waals surface area contributed by atoms with Crippen molar-refractivity contribution in [1.29, 1.82) is 0 Å². The van der Waals surface area contributed by atoms with Crippen LogP contribution in [0, 0.1) is 16.7 Å². The largest absolute Gasteiger partial charge is 0.412 e. The van der Waals surface area contributed by atoms with Crippen LogP contribution >= 0.6 is 0 Å². The standard InChI is InChI=1S/C12H26.2H3N.2H2O/c1-8-9-10(2)12(6,7)11(3,4)5;;;;/h10H,8-9H2,1-7H3;2*1H3;2*1H2. The van der Waals surface area contributed by atoms with Crippen molar-refractivity contribution in [1.82, 2.24) is 12.3 Å². The van der Waals surface area contributed by atoms with Crippen molar-refractivity contribution in [2.24, 2.45) is 16.7 Å². The lowest BCUT2D eigenvalue weighted by molar-refractivity contribution is 0.0589. The van der Waals surface area contributed by atoms with Gasteiger partial charge in [0.25, 0.3) is 0 Å². The summed E-state index contributed by atoms with van der Waals surface area (Å²) >= 11 is 0. The Labute approximate surface area is 102 Å². The predicted molar refractivity (Wildman–Crippen MR) is 74.6 cm³/mol. The fourth-order valence-electron chi connectivity index (χ4n) is 1.53. The highest BCUT2D eigenvalue weighted by atomic mass is 16.0. The lowest BCUT2D eigenvalue weighted by Crippen LogP contribution is -2.35. The number of rotatable bonds is 3. The summed E-state index contributed by atoms with van der Waals surface area (Å²) in [4.78, 5) is 0. The molecule has 106 valence electrons. The fraction of sp³-hybridized carbons (Fsp3) is 1.00. The maximum atomic E-state index is 2.40. The molecule has 1 unspecified atom stereocenters. The molecule has 16 heavy (non-hydrogen) atoms. The minimum atomic E-state index is 0. The third-order valence-electron chi connectivity index (χ3n) is 3.89. The smallest absolute Gasteiger partial charge is 0.0280 e. The minimum Gasteiger partial charge on any atom is -0.412 e. The van der Waals surface area contributed by atoms with Gasteiger partial charge in [-0.25, -0.2) is 0 Å². The van der Waals surface area contributed by atoms with E-state index in [2.05, 4.69) is 48.5 Å². The molecule has 0 aromatic heterocycles. The van der Waals surface area contributed by atoms with Crippen LogP contribution in [0.4, 0.5) is 0 Å². The molecule has 10 N–H and O–H groups in total. The lowest BCUT2D eigenvalue weighted by Gasteiger charge is -2.44. The van der Waals surface area contributed by atoms with Gasteiger partial charge in [-0.15, -0.1) is 0 Å². The Morgan fingerprint density at radius 3 is 1.38 bits per heavy atom. The van der Waals surface area contributed by atoms with Crippen molar-refractivity contribution in [3.63, 3.8) is 0 Å². The van der Waals surface area contributed by atoms with E-state index >= 15 is 0 Å². The molecule has 0 bridgehead atoms. The van der Waals surface area contributed by atoms with Crippen LogP contribution in [-0.4, -0.2) is 11.0 Å². The Morgan fingerprint density at radius 2 is 1.19 bits per heavy atom. The van der Waals surface area contributed by atoms with E-state index in [1.165, 1.54) is 12.8 Å². The third kappa shape index (κ3) is 7.17. The average Bonchev–Trinajstić information content (AvgIpc) is 1.85. The molecule has 0 saturated heterocycles. The quantitative estimate of drug-likeness (QED) is 0.783. The first-order valence-corrected chi connectivity index (χ1v) is 5.23. The monoisotopic (exact) mass is 240 g/mol. The zero-order valence-corrected chi connectivity index (χ0v) is 12.4. The molecule has 0 aliphatic heterocycles. The first kappa shape index (κ1) is 29.7. The fourth-order valence-corrected chi connectivity index (χ4v) is 1.53. The maximum absolute atomic E-state index is 2.40. The molecular weight excluding hydrogens is 204 g/mol. The van der Waals surface area contributed by atoms with Crippen molar-refractivity contribution in [2.75, 3.05) is 0 Å². The molecule has 0 radical (unpaired) electrons. The SMILES string of the molecule is CCCC(C)C(C)(C)C(C)(C)C.N.N.O.O. The van der Waals surface area contributed by atoms with Crippen LogP contribution in [0.25, 0.3) is 0 Å². The summed E-state index contributed by atoms with van der Waals surface area (Å²) < 4.78 is 0. The zero-order chi connectivity index (χ0) is 9.99. The normalized spacial score (nSPS) is 12.2. The molecule has 0 fully saturated rings. The summed E-state index contributed by atoms with van der Waals surface area (Å²) in [5, 5.41) is 0. The highest BCUT2D eigenvalue weighted by Gasteiger charge is 2.36. The van der Waals surface area contributed by atoms with Crippen LogP contribution in [-0.2, 0) is 0 Å². The molecule has 0 heterocycles. The van der Waals surface area contributed by atoms with Crippen LogP contribution in [0.2, 0.25) is 0 Å². The summed E-state index contributed by atoms with van der Waals surface area (Å²) in [6.07, 6.45) is 2.66. The molecule has 0 aromatic rings.